The molecule has 2 heteroatoms. The Morgan fingerprint density at radius 1 is 1.00 bits per heavy atom. The van der Waals surface area contributed by atoms with E-state index in [0.717, 1.165) is 11.8 Å². The average Bonchev–Trinajstić information content (AvgIpc) is 2.40. The molecule has 1 saturated carbocycles. The highest BCUT2D eigenvalue weighted by molar-refractivity contribution is 5.19. The molecule has 0 heterocycles. The molecule has 0 bridgehead atoms. The molecule has 1 nitrogen and oxygen atoms in total. The van der Waals surface area contributed by atoms with Crippen LogP contribution in [0.2, 0.25) is 0 Å². The normalized spacial score (nSPS) is 25.5. The molecule has 1 aliphatic carbocycles. The largest absolute Gasteiger partial charge is 0.307 e. The minimum atomic E-state index is -0.159. The zero-order valence-corrected chi connectivity index (χ0v) is 12.3. The van der Waals surface area contributed by atoms with E-state index >= 15 is 0 Å². The van der Waals surface area contributed by atoms with Gasteiger partial charge >= 0.3 is 0 Å². The summed E-state index contributed by atoms with van der Waals surface area (Å²) in [5.41, 5.74) is 1.17. The summed E-state index contributed by atoms with van der Waals surface area (Å²) in [6.07, 6.45) is 5.22. The van der Waals surface area contributed by atoms with Crippen LogP contribution in [0.25, 0.3) is 0 Å². The molecule has 106 valence electrons. The van der Waals surface area contributed by atoms with Gasteiger partial charge in [-0.2, -0.15) is 0 Å². The van der Waals surface area contributed by atoms with Gasteiger partial charge in [0.05, 0.1) is 0 Å². The fourth-order valence-electron chi connectivity index (χ4n) is 3.15. The van der Waals surface area contributed by atoms with Crippen LogP contribution in [0.4, 0.5) is 4.39 Å². The molecule has 1 aromatic carbocycles. The van der Waals surface area contributed by atoms with Crippen LogP contribution in [0.5, 0.6) is 0 Å². The lowest BCUT2D eigenvalue weighted by molar-refractivity contribution is 0.231. The van der Waals surface area contributed by atoms with Gasteiger partial charge < -0.3 is 5.32 Å². The number of hydrogen-bond donors (Lipinski definition) is 1. The molecule has 0 saturated heterocycles. The maximum absolute atomic E-state index is 12.9. The van der Waals surface area contributed by atoms with Crippen LogP contribution in [-0.4, -0.2) is 6.04 Å². The number of rotatable bonds is 4. The van der Waals surface area contributed by atoms with Gasteiger partial charge in [0.1, 0.15) is 5.82 Å². The van der Waals surface area contributed by atoms with E-state index in [-0.39, 0.29) is 5.82 Å². The lowest BCUT2D eigenvalue weighted by Gasteiger charge is -2.33. The van der Waals surface area contributed by atoms with E-state index in [1.807, 2.05) is 12.1 Å². The van der Waals surface area contributed by atoms with Gasteiger partial charge in [0.15, 0.2) is 0 Å². The first-order valence-corrected chi connectivity index (χ1v) is 7.57. The number of hydrogen-bond acceptors (Lipinski definition) is 1. The molecule has 1 aliphatic rings. The molecule has 1 fully saturated rings. The minimum absolute atomic E-state index is 0.159. The zero-order valence-electron chi connectivity index (χ0n) is 12.3. The summed E-state index contributed by atoms with van der Waals surface area (Å²) in [6, 6.07) is 7.78. The van der Waals surface area contributed by atoms with Gasteiger partial charge in [-0.1, -0.05) is 26.0 Å². The third kappa shape index (κ3) is 4.04. The van der Waals surface area contributed by atoms with Crippen molar-refractivity contribution in [2.45, 2.75) is 58.5 Å². The lowest BCUT2D eigenvalue weighted by Crippen LogP contribution is -2.35. The molecule has 0 radical (unpaired) electrons. The van der Waals surface area contributed by atoms with E-state index in [1.165, 1.54) is 31.2 Å². The summed E-state index contributed by atoms with van der Waals surface area (Å²) in [6.45, 7) is 6.83. The van der Waals surface area contributed by atoms with Gasteiger partial charge in [0.25, 0.3) is 0 Å². The summed E-state index contributed by atoms with van der Waals surface area (Å²) >= 11 is 0. The smallest absolute Gasteiger partial charge is 0.123 e. The highest BCUT2D eigenvalue weighted by Crippen LogP contribution is 2.30. The molecule has 0 aromatic heterocycles. The lowest BCUT2D eigenvalue weighted by atomic mass is 9.79. The molecule has 0 amide bonds. The SMILES string of the molecule is CC(NC1CCC(C(C)C)CC1)c1ccc(F)cc1. The van der Waals surface area contributed by atoms with E-state index in [1.54, 1.807) is 12.1 Å². The van der Waals surface area contributed by atoms with Crippen molar-refractivity contribution in [3.05, 3.63) is 35.6 Å². The summed E-state index contributed by atoms with van der Waals surface area (Å²) < 4.78 is 12.9. The van der Waals surface area contributed by atoms with Gasteiger partial charge in [-0.3, -0.25) is 0 Å². The second-order valence-corrected chi connectivity index (χ2v) is 6.30. The van der Waals surface area contributed by atoms with Crippen LogP contribution in [0.15, 0.2) is 24.3 Å². The van der Waals surface area contributed by atoms with Crippen molar-refractivity contribution in [3.8, 4) is 0 Å². The first kappa shape index (κ1) is 14.5. The van der Waals surface area contributed by atoms with Crippen molar-refractivity contribution >= 4 is 0 Å². The average molecular weight is 263 g/mol. The van der Waals surface area contributed by atoms with Crippen LogP contribution in [0.3, 0.4) is 0 Å². The molecule has 19 heavy (non-hydrogen) atoms. The molecular weight excluding hydrogens is 237 g/mol. The number of nitrogens with one attached hydrogen (secondary N) is 1. The van der Waals surface area contributed by atoms with Crippen molar-refractivity contribution in [1.82, 2.24) is 5.32 Å². The van der Waals surface area contributed by atoms with Gasteiger partial charge in [-0.15, -0.1) is 0 Å². The Morgan fingerprint density at radius 3 is 2.11 bits per heavy atom. The van der Waals surface area contributed by atoms with Crippen molar-refractivity contribution in [2.24, 2.45) is 11.8 Å². The first-order valence-electron chi connectivity index (χ1n) is 7.57. The Labute approximate surface area is 116 Å². The monoisotopic (exact) mass is 263 g/mol. The van der Waals surface area contributed by atoms with Crippen molar-refractivity contribution < 1.29 is 4.39 Å². The second kappa shape index (κ2) is 6.51. The predicted molar refractivity (Wildman–Crippen MR) is 78.5 cm³/mol. The van der Waals surface area contributed by atoms with Crippen LogP contribution >= 0.6 is 0 Å². The van der Waals surface area contributed by atoms with Gasteiger partial charge in [-0.05, 0) is 62.1 Å². The van der Waals surface area contributed by atoms with Crippen LogP contribution in [0, 0.1) is 17.7 Å². The standard InChI is InChI=1S/C17H26FN/c1-12(2)14-6-10-17(11-7-14)19-13(3)15-4-8-16(18)9-5-15/h4-5,8-9,12-14,17,19H,6-7,10-11H2,1-3H3. The van der Waals surface area contributed by atoms with Gasteiger partial charge in [0.2, 0.25) is 0 Å². The minimum Gasteiger partial charge on any atom is -0.307 e. The third-order valence-electron chi connectivity index (χ3n) is 4.57. The summed E-state index contributed by atoms with van der Waals surface area (Å²) in [4.78, 5) is 0. The molecule has 0 aliphatic heterocycles. The van der Waals surface area contributed by atoms with E-state index in [0.29, 0.717) is 12.1 Å². The molecule has 1 N–H and O–H groups in total. The fraction of sp³-hybridized carbons (Fsp3) is 0.647. The van der Waals surface area contributed by atoms with E-state index < -0.39 is 0 Å². The topological polar surface area (TPSA) is 12.0 Å². The Kier molecular flexibility index (Phi) is 4.98. The molecule has 1 unspecified atom stereocenters. The highest BCUT2D eigenvalue weighted by Gasteiger charge is 2.24. The Morgan fingerprint density at radius 2 is 1.58 bits per heavy atom. The summed E-state index contributed by atoms with van der Waals surface area (Å²) in [5.74, 6) is 1.56. The maximum Gasteiger partial charge on any atom is 0.123 e. The summed E-state index contributed by atoms with van der Waals surface area (Å²) in [7, 11) is 0. The quantitative estimate of drug-likeness (QED) is 0.831. The zero-order chi connectivity index (χ0) is 13.8. The fourth-order valence-corrected chi connectivity index (χ4v) is 3.15. The van der Waals surface area contributed by atoms with Crippen LogP contribution < -0.4 is 5.32 Å². The predicted octanol–water partition coefficient (Wildman–Crippen LogP) is 4.69. The second-order valence-electron chi connectivity index (χ2n) is 6.30. The molecule has 2 rings (SSSR count). The Bertz CT molecular complexity index is 377. The third-order valence-corrected chi connectivity index (χ3v) is 4.57. The molecule has 0 spiro atoms. The molecule has 1 aromatic rings. The van der Waals surface area contributed by atoms with Gasteiger partial charge in [-0.25, -0.2) is 4.39 Å². The van der Waals surface area contributed by atoms with Crippen molar-refractivity contribution in [2.75, 3.05) is 0 Å². The van der Waals surface area contributed by atoms with E-state index in [2.05, 4.69) is 26.1 Å². The molecule has 1 atom stereocenters. The van der Waals surface area contributed by atoms with E-state index in [4.69, 9.17) is 0 Å². The van der Waals surface area contributed by atoms with Gasteiger partial charge in [0, 0.05) is 12.1 Å². The van der Waals surface area contributed by atoms with Crippen molar-refractivity contribution in [3.63, 3.8) is 0 Å². The number of benzene rings is 1. The molecular formula is C17H26FN. The van der Waals surface area contributed by atoms with Crippen LogP contribution in [-0.2, 0) is 0 Å². The summed E-state index contributed by atoms with van der Waals surface area (Å²) in [5, 5.41) is 3.69. The first-order chi connectivity index (χ1) is 9.06. The maximum atomic E-state index is 12.9. The number of halogens is 1. The van der Waals surface area contributed by atoms with Crippen LogP contribution in [0.1, 0.15) is 58.1 Å². The highest BCUT2D eigenvalue weighted by atomic mass is 19.1. The van der Waals surface area contributed by atoms with Crippen molar-refractivity contribution in [1.29, 1.82) is 0 Å². The Hall–Kier alpha value is -0.890. The van der Waals surface area contributed by atoms with E-state index in [9.17, 15) is 4.39 Å². The Balaban J connectivity index is 1.83.